The first-order valence-corrected chi connectivity index (χ1v) is 5.51. The Hall–Kier alpha value is -1.76. The number of benzene rings is 1. The van der Waals surface area contributed by atoms with E-state index in [9.17, 15) is 18.0 Å². The van der Waals surface area contributed by atoms with Gasteiger partial charge in [-0.2, -0.15) is 13.2 Å². The van der Waals surface area contributed by atoms with Gasteiger partial charge in [-0.15, -0.1) is 0 Å². The van der Waals surface area contributed by atoms with Gasteiger partial charge in [-0.3, -0.25) is 4.79 Å². The number of carbonyl (C=O) groups is 1. The van der Waals surface area contributed by atoms with Gasteiger partial charge in [0.25, 0.3) is 0 Å². The zero-order valence-corrected chi connectivity index (χ0v) is 10.6. The minimum Gasteiger partial charge on any atom is -0.492 e. The number of nitrogens with zero attached hydrogens (tertiary/aromatic N) is 1. The maximum atomic E-state index is 13.0. The van der Waals surface area contributed by atoms with E-state index < -0.39 is 23.2 Å². The van der Waals surface area contributed by atoms with Crippen molar-refractivity contribution in [3.05, 3.63) is 29.3 Å². The summed E-state index contributed by atoms with van der Waals surface area (Å²) >= 11 is 0. The number of alkyl halides is 3. The fourth-order valence-corrected chi connectivity index (χ4v) is 1.49. The fourth-order valence-electron chi connectivity index (χ4n) is 1.49. The van der Waals surface area contributed by atoms with Crippen LogP contribution in [0.2, 0.25) is 0 Å². The molecule has 0 unspecified atom stereocenters. The van der Waals surface area contributed by atoms with Gasteiger partial charge in [0.15, 0.2) is 0 Å². The highest BCUT2D eigenvalue weighted by Crippen LogP contribution is 2.38. The maximum absolute atomic E-state index is 13.0. The number of amides is 1. The molecule has 1 aromatic rings. The summed E-state index contributed by atoms with van der Waals surface area (Å²) in [4.78, 5) is 12.8. The Bertz CT molecular complexity index is 459. The number of nitrogens with two attached hydrogens (primary N) is 1. The average molecular weight is 276 g/mol. The summed E-state index contributed by atoms with van der Waals surface area (Å²) in [5, 5.41) is 0. The molecule has 0 atom stereocenters. The molecule has 1 rings (SSSR count). The van der Waals surface area contributed by atoms with Crippen molar-refractivity contribution < 1.29 is 22.7 Å². The van der Waals surface area contributed by atoms with E-state index in [0.29, 0.717) is 6.54 Å². The molecule has 0 saturated heterocycles. The molecule has 19 heavy (non-hydrogen) atoms. The number of likely N-dealkylation sites (N-methyl/N-ethyl adjacent to an activating group) is 1. The van der Waals surface area contributed by atoms with Crippen LogP contribution >= 0.6 is 0 Å². The SMILES string of the molecule is CN(C)CCOc1cccc(C(N)=O)c1C(F)(F)F. The fraction of sp³-hybridized carbons (Fsp3) is 0.417. The summed E-state index contributed by atoms with van der Waals surface area (Å²) in [6, 6.07) is 3.51. The second-order valence-corrected chi connectivity index (χ2v) is 4.19. The van der Waals surface area contributed by atoms with Gasteiger partial charge in [0.2, 0.25) is 5.91 Å². The van der Waals surface area contributed by atoms with Crippen molar-refractivity contribution in [2.45, 2.75) is 6.18 Å². The molecule has 1 aromatic carbocycles. The van der Waals surface area contributed by atoms with Crippen molar-refractivity contribution in [3.8, 4) is 5.75 Å². The van der Waals surface area contributed by atoms with E-state index in [0.717, 1.165) is 6.07 Å². The molecule has 0 saturated carbocycles. The average Bonchev–Trinajstić information content (AvgIpc) is 2.26. The Morgan fingerprint density at radius 1 is 1.37 bits per heavy atom. The number of primary amides is 1. The lowest BCUT2D eigenvalue weighted by Gasteiger charge is -2.17. The van der Waals surface area contributed by atoms with Crippen LogP contribution in [0.15, 0.2) is 18.2 Å². The Morgan fingerprint density at radius 2 is 2.00 bits per heavy atom. The predicted octanol–water partition coefficient (Wildman–Crippen LogP) is 1.74. The minimum absolute atomic E-state index is 0.0816. The maximum Gasteiger partial charge on any atom is 0.420 e. The molecular formula is C12H15F3N2O2. The highest BCUT2D eigenvalue weighted by molar-refractivity contribution is 5.95. The van der Waals surface area contributed by atoms with Gasteiger partial charge in [0, 0.05) is 6.54 Å². The van der Waals surface area contributed by atoms with Crippen LogP contribution in [-0.4, -0.2) is 38.1 Å². The van der Waals surface area contributed by atoms with E-state index in [1.165, 1.54) is 12.1 Å². The lowest BCUT2D eigenvalue weighted by molar-refractivity contribution is -0.139. The summed E-state index contributed by atoms with van der Waals surface area (Å²) in [6.45, 7) is 0.538. The van der Waals surface area contributed by atoms with E-state index in [4.69, 9.17) is 10.5 Å². The Labute approximate surface area is 108 Å². The molecule has 0 aliphatic rings. The van der Waals surface area contributed by atoms with Gasteiger partial charge in [-0.25, -0.2) is 0 Å². The van der Waals surface area contributed by atoms with E-state index in [-0.39, 0.29) is 12.4 Å². The molecule has 0 radical (unpaired) electrons. The molecule has 0 spiro atoms. The zero-order chi connectivity index (χ0) is 14.6. The molecule has 0 heterocycles. The Kier molecular flexibility index (Phi) is 4.77. The highest BCUT2D eigenvalue weighted by atomic mass is 19.4. The third-order valence-electron chi connectivity index (χ3n) is 2.37. The van der Waals surface area contributed by atoms with Crippen molar-refractivity contribution in [2.24, 2.45) is 5.73 Å². The number of carbonyl (C=O) groups excluding carboxylic acids is 1. The first-order chi connectivity index (χ1) is 8.73. The van der Waals surface area contributed by atoms with Crippen molar-refractivity contribution >= 4 is 5.91 Å². The second kappa shape index (κ2) is 5.92. The van der Waals surface area contributed by atoms with Crippen LogP contribution in [0, 0.1) is 0 Å². The van der Waals surface area contributed by atoms with Crippen molar-refractivity contribution in [3.63, 3.8) is 0 Å². The number of hydrogen-bond acceptors (Lipinski definition) is 3. The van der Waals surface area contributed by atoms with Crippen molar-refractivity contribution in [1.82, 2.24) is 4.90 Å². The normalized spacial score (nSPS) is 11.7. The third-order valence-corrected chi connectivity index (χ3v) is 2.37. The predicted molar refractivity (Wildman–Crippen MR) is 64.0 cm³/mol. The second-order valence-electron chi connectivity index (χ2n) is 4.19. The van der Waals surface area contributed by atoms with Crippen LogP contribution in [-0.2, 0) is 6.18 Å². The first kappa shape index (κ1) is 15.3. The van der Waals surface area contributed by atoms with Crippen LogP contribution in [0.3, 0.4) is 0 Å². The molecule has 1 amide bonds. The molecule has 0 bridgehead atoms. The van der Waals surface area contributed by atoms with E-state index in [1.54, 1.807) is 19.0 Å². The summed E-state index contributed by atoms with van der Waals surface area (Å²) in [5.74, 6) is -1.52. The summed E-state index contributed by atoms with van der Waals surface area (Å²) < 4.78 is 44.0. The monoisotopic (exact) mass is 276 g/mol. The smallest absolute Gasteiger partial charge is 0.420 e. The molecule has 4 nitrogen and oxygen atoms in total. The number of halogens is 3. The molecule has 7 heteroatoms. The van der Waals surface area contributed by atoms with Gasteiger partial charge >= 0.3 is 6.18 Å². The van der Waals surface area contributed by atoms with Crippen molar-refractivity contribution in [2.75, 3.05) is 27.2 Å². The molecule has 0 aromatic heterocycles. The first-order valence-electron chi connectivity index (χ1n) is 5.51. The highest BCUT2D eigenvalue weighted by Gasteiger charge is 2.38. The standard InChI is InChI=1S/C12H15F3N2O2/c1-17(2)6-7-19-9-5-3-4-8(11(16)18)10(9)12(13,14)15/h3-5H,6-7H2,1-2H3,(H2,16,18). The van der Waals surface area contributed by atoms with Crippen LogP contribution in [0.4, 0.5) is 13.2 Å². The summed E-state index contributed by atoms with van der Waals surface area (Å²) in [7, 11) is 3.54. The largest absolute Gasteiger partial charge is 0.492 e. The summed E-state index contributed by atoms with van der Waals surface area (Å²) in [5.41, 5.74) is 3.24. The quantitative estimate of drug-likeness (QED) is 0.891. The molecule has 0 aliphatic carbocycles. The van der Waals surface area contributed by atoms with Gasteiger partial charge in [0.05, 0.1) is 5.56 Å². The lowest BCUT2D eigenvalue weighted by Crippen LogP contribution is -2.23. The molecular weight excluding hydrogens is 261 g/mol. The zero-order valence-electron chi connectivity index (χ0n) is 10.6. The van der Waals surface area contributed by atoms with Crippen LogP contribution in [0.5, 0.6) is 5.75 Å². The van der Waals surface area contributed by atoms with Crippen molar-refractivity contribution in [1.29, 1.82) is 0 Å². The van der Waals surface area contributed by atoms with E-state index >= 15 is 0 Å². The Balaban J connectivity index is 3.10. The Morgan fingerprint density at radius 3 is 2.47 bits per heavy atom. The lowest BCUT2D eigenvalue weighted by atomic mass is 10.1. The topological polar surface area (TPSA) is 55.6 Å². The number of ether oxygens (including phenoxy) is 1. The number of rotatable bonds is 5. The third kappa shape index (κ3) is 4.13. The van der Waals surface area contributed by atoms with E-state index in [2.05, 4.69) is 0 Å². The van der Waals surface area contributed by atoms with Gasteiger partial charge < -0.3 is 15.4 Å². The van der Waals surface area contributed by atoms with Gasteiger partial charge in [-0.1, -0.05) is 6.07 Å². The van der Waals surface area contributed by atoms with Crippen LogP contribution < -0.4 is 10.5 Å². The van der Waals surface area contributed by atoms with E-state index in [1.807, 2.05) is 0 Å². The van der Waals surface area contributed by atoms with Crippen LogP contribution in [0.1, 0.15) is 15.9 Å². The molecule has 106 valence electrons. The summed E-state index contributed by atoms with van der Waals surface area (Å²) in [6.07, 6.45) is -4.70. The molecule has 2 N–H and O–H groups in total. The molecule has 0 aliphatic heterocycles. The number of hydrogen-bond donors (Lipinski definition) is 1. The van der Waals surface area contributed by atoms with Gasteiger partial charge in [0.1, 0.15) is 17.9 Å². The molecule has 0 fully saturated rings. The van der Waals surface area contributed by atoms with Crippen LogP contribution in [0.25, 0.3) is 0 Å². The van der Waals surface area contributed by atoms with Gasteiger partial charge in [-0.05, 0) is 26.2 Å². The minimum atomic E-state index is -4.70.